The van der Waals surface area contributed by atoms with Crippen LogP contribution in [-0.4, -0.2) is 11.6 Å². The number of ether oxygens (including phenoxy) is 1. The molecule has 1 saturated carbocycles. The Hall–Kier alpha value is -1.83. The molecule has 1 heterocycles. The molecule has 0 amide bonds. The van der Waals surface area contributed by atoms with E-state index in [1.165, 1.54) is 95.5 Å². The minimum atomic E-state index is 0.834. The van der Waals surface area contributed by atoms with Gasteiger partial charge >= 0.3 is 0 Å². The van der Waals surface area contributed by atoms with Crippen molar-refractivity contribution in [3.63, 3.8) is 0 Å². The number of aryl methyl sites for hydroxylation is 1. The van der Waals surface area contributed by atoms with Gasteiger partial charge in [-0.15, -0.1) is 0 Å². The first-order valence-corrected chi connectivity index (χ1v) is 14.0. The normalized spacial score (nSPS) is 18.4. The predicted octanol–water partition coefficient (Wildman–Crippen LogP) is 9.42. The van der Waals surface area contributed by atoms with Gasteiger partial charge in [0.25, 0.3) is 0 Å². The van der Waals surface area contributed by atoms with Gasteiger partial charge < -0.3 is 4.74 Å². The van der Waals surface area contributed by atoms with Crippen LogP contribution in [0.1, 0.15) is 109 Å². The number of nitrogens with zero attached hydrogens (tertiary/aromatic N) is 1. The number of hydrogen-bond acceptors (Lipinski definition) is 2. The fraction of sp³-hybridized carbons (Fsp3) is 0.645. The highest BCUT2D eigenvalue weighted by molar-refractivity contribution is 5.60. The molecule has 1 aromatic heterocycles. The van der Waals surface area contributed by atoms with E-state index in [1.54, 1.807) is 0 Å². The van der Waals surface area contributed by atoms with Crippen LogP contribution >= 0.6 is 0 Å². The van der Waals surface area contributed by atoms with E-state index < -0.39 is 0 Å². The van der Waals surface area contributed by atoms with Crippen molar-refractivity contribution < 1.29 is 4.74 Å². The summed E-state index contributed by atoms with van der Waals surface area (Å²) in [4.78, 5) is 4.69. The van der Waals surface area contributed by atoms with Gasteiger partial charge in [0.15, 0.2) is 0 Å². The number of rotatable bonds is 15. The number of hydrogen-bond donors (Lipinski definition) is 0. The third kappa shape index (κ3) is 9.51. The zero-order chi connectivity index (χ0) is 23.1. The van der Waals surface area contributed by atoms with Crippen LogP contribution < -0.4 is 4.74 Å². The van der Waals surface area contributed by atoms with E-state index in [0.717, 1.165) is 41.9 Å². The molecule has 1 aliphatic rings. The maximum Gasteiger partial charge on any atom is 0.119 e. The van der Waals surface area contributed by atoms with Gasteiger partial charge in [0.1, 0.15) is 5.75 Å². The summed E-state index contributed by atoms with van der Waals surface area (Å²) in [5, 5.41) is 0. The van der Waals surface area contributed by atoms with Crippen LogP contribution in [0.2, 0.25) is 0 Å². The summed E-state index contributed by atoms with van der Waals surface area (Å²) in [6.07, 6.45) is 22.4. The van der Waals surface area contributed by atoms with Gasteiger partial charge in [0.05, 0.1) is 12.3 Å². The molecule has 1 aromatic carbocycles. The Balaban J connectivity index is 1.31. The van der Waals surface area contributed by atoms with Gasteiger partial charge in [-0.1, -0.05) is 90.5 Å². The third-order valence-corrected chi connectivity index (χ3v) is 7.50. The molecule has 3 rings (SSSR count). The number of benzene rings is 1. The van der Waals surface area contributed by atoms with Gasteiger partial charge in [-0.3, -0.25) is 4.98 Å². The van der Waals surface area contributed by atoms with E-state index in [2.05, 4.69) is 55.2 Å². The Morgan fingerprint density at radius 3 is 2.03 bits per heavy atom. The number of unbranched alkanes of at least 4 members (excludes halogenated alkanes) is 5. The Morgan fingerprint density at radius 1 is 0.727 bits per heavy atom. The molecule has 0 N–H and O–H groups in total. The Labute approximate surface area is 203 Å². The first kappa shape index (κ1) is 25.8. The van der Waals surface area contributed by atoms with Crippen LogP contribution in [0.5, 0.6) is 5.75 Å². The van der Waals surface area contributed by atoms with E-state index in [-0.39, 0.29) is 0 Å². The van der Waals surface area contributed by atoms with Crippen LogP contribution in [-0.2, 0) is 6.42 Å². The van der Waals surface area contributed by atoms with E-state index in [0.29, 0.717) is 0 Å². The van der Waals surface area contributed by atoms with Gasteiger partial charge in [0, 0.05) is 11.8 Å². The molecule has 2 nitrogen and oxygen atoms in total. The van der Waals surface area contributed by atoms with Crippen molar-refractivity contribution >= 4 is 0 Å². The lowest BCUT2D eigenvalue weighted by Gasteiger charge is -2.28. The second-order valence-corrected chi connectivity index (χ2v) is 10.3. The molecule has 0 spiro atoms. The molecule has 0 aliphatic heterocycles. The van der Waals surface area contributed by atoms with Crippen molar-refractivity contribution in [3.05, 3.63) is 48.2 Å². The highest BCUT2D eigenvalue weighted by Crippen LogP contribution is 2.34. The van der Waals surface area contributed by atoms with Crippen LogP contribution in [0.4, 0.5) is 0 Å². The van der Waals surface area contributed by atoms with Crippen molar-refractivity contribution in [3.8, 4) is 17.0 Å². The van der Waals surface area contributed by atoms with Crippen LogP contribution in [0.25, 0.3) is 11.3 Å². The second kappa shape index (κ2) is 15.1. The van der Waals surface area contributed by atoms with Crippen molar-refractivity contribution in [1.82, 2.24) is 4.98 Å². The fourth-order valence-corrected chi connectivity index (χ4v) is 5.27. The first-order chi connectivity index (χ1) is 16.3. The number of pyridine rings is 1. The van der Waals surface area contributed by atoms with Gasteiger partial charge in [-0.2, -0.15) is 0 Å². The molecule has 2 aromatic rings. The molecule has 33 heavy (non-hydrogen) atoms. The Bertz CT molecular complexity index is 743. The maximum atomic E-state index is 6.04. The molecule has 0 bridgehead atoms. The van der Waals surface area contributed by atoms with Crippen molar-refractivity contribution in [1.29, 1.82) is 0 Å². The minimum Gasteiger partial charge on any atom is -0.494 e. The summed E-state index contributed by atoms with van der Waals surface area (Å²) in [5.41, 5.74) is 3.56. The average molecular weight is 450 g/mol. The fourth-order valence-electron chi connectivity index (χ4n) is 5.27. The van der Waals surface area contributed by atoms with E-state index in [4.69, 9.17) is 4.74 Å². The summed E-state index contributed by atoms with van der Waals surface area (Å²) in [6, 6.07) is 12.9. The van der Waals surface area contributed by atoms with Gasteiger partial charge in [0.2, 0.25) is 0 Å². The van der Waals surface area contributed by atoms with Crippen molar-refractivity contribution in [2.24, 2.45) is 11.8 Å². The predicted molar refractivity (Wildman–Crippen MR) is 142 cm³/mol. The van der Waals surface area contributed by atoms with Crippen molar-refractivity contribution in [2.45, 2.75) is 110 Å². The topological polar surface area (TPSA) is 22.1 Å². The minimum absolute atomic E-state index is 0.834. The molecule has 1 aliphatic carbocycles. The Morgan fingerprint density at radius 2 is 1.39 bits per heavy atom. The second-order valence-electron chi connectivity index (χ2n) is 10.3. The standard InChI is InChI=1S/C31H47NO/c1-3-5-7-9-12-28-18-23-31(32-25-28)29-19-21-30(22-20-29)33-24-10-13-27-16-14-26(15-17-27)11-8-6-4-2/h18-23,25-27H,3-17,24H2,1-2H3. The summed E-state index contributed by atoms with van der Waals surface area (Å²) in [5.74, 6) is 2.92. The molecule has 0 unspecified atom stereocenters. The van der Waals surface area contributed by atoms with Crippen LogP contribution in [0, 0.1) is 11.8 Å². The van der Waals surface area contributed by atoms with Gasteiger partial charge in [-0.25, -0.2) is 0 Å². The molecular weight excluding hydrogens is 402 g/mol. The SMILES string of the molecule is CCCCCCc1ccc(-c2ccc(OCCCC3CCC(CCCCC)CC3)cc2)nc1. The summed E-state index contributed by atoms with van der Waals surface area (Å²) in [6.45, 7) is 5.40. The third-order valence-electron chi connectivity index (χ3n) is 7.50. The number of aromatic nitrogens is 1. The highest BCUT2D eigenvalue weighted by atomic mass is 16.5. The molecular formula is C31H47NO. The molecule has 2 heteroatoms. The largest absolute Gasteiger partial charge is 0.494 e. The van der Waals surface area contributed by atoms with Crippen LogP contribution in [0.15, 0.2) is 42.6 Å². The van der Waals surface area contributed by atoms with Gasteiger partial charge in [-0.05, 0) is 73.4 Å². The summed E-state index contributed by atoms with van der Waals surface area (Å²) in [7, 11) is 0. The monoisotopic (exact) mass is 449 g/mol. The van der Waals surface area contributed by atoms with E-state index >= 15 is 0 Å². The lowest BCUT2D eigenvalue weighted by Crippen LogP contribution is -2.15. The lowest BCUT2D eigenvalue weighted by molar-refractivity contribution is 0.228. The highest BCUT2D eigenvalue weighted by Gasteiger charge is 2.20. The van der Waals surface area contributed by atoms with E-state index in [9.17, 15) is 0 Å². The quantitative estimate of drug-likeness (QED) is 0.253. The summed E-state index contributed by atoms with van der Waals surface area (Å²) < 4.78 is 6.04. The molecule has 0 saturated heterocycles. The zero-order valence-corrected chi connectivity index (χ0v) is 21.4. The molecule has 182 valence electrons. The molecule has 0 atom stereocenters. The Kier molecular flexibility index (Phi) is 11.8. The zero-order valence-electron chi connectivity index (χ0n) is 21.4. The summed E-state index contributed by atoms with van der Waals surface area (Å²) >= 11 is 0. The van der Waals surface area contributed by atoms with Crippen LogP contribution in [0.3, 0.4) is 0 Å². The lowest BCUT2D eigenvalue weighted by atomic mass is 9.78. The smallest absolute Gasteiger partial charge is 0.119 e. The molecule has 1 fully saturated rings. The van der Waals surface area contributed by atoms with E-state index in [1.807, 2.05) is 6.20 Å². The van der Waals surface area contributed by atoms with Crippen molar-refractivity contribution in [2.75, 3.05) is 6.61 Å². The molecule has 0 radical (unpaired) electrons. The first-order valence-electron chi connectivity index (χ1n) is 14.0. The average Bonchev–Trinajstić information content (AvgIpc) is 2.86. The maximum absolute atomic E-state index is 6.04.